The van der Waals surface area contributed by atoms with E-state index < -0.39 is 5.63 Å². The van der Waals surface area contributed by atoms with Gasteiger partial charge in [0.15, 0.2) is 0 Å². The molecule has 2 aromatic heterocycles. The fourth-order valence-electron chi connectivity index (χ4n) is 3.95. The molecule has 0 N–H and O–H groups in total. The number of para-hydroxylation sites is 1. The molecule has 0 spiro atoms. The lowest BCUT2D eigenvalue weighted by Crippen LogP contribution is -2.43. The average molecular weight is 370 g/mol. The van der Waals surface area contributed by atoms with E-state index in [9.17, 15) is 9.59 Å². The van der Waals surface area contributed by atoms with E-state index in [1.807, 2.05) is 60.8 Å². The van der Waals surface area contributed by atoms with Crippen LogP contribution in [0.2, 0.25) is 0 Å². The lowest BCUT2D eigenvalue weighted by Gasteiger charge is -2.37. The molecule has 0 radical (unpaired) electrons. The highest BCUT2D eigenvalue weighted by atomic mass is 16.4. The molecule has 0 saturated heterocycles. The van der Waals surface area contributed by atoms with Gasteiger partial charge in [0, 0.05) is 30.4 Å². The minimum atomic E-state index is -0.600. The fraction of sp³-hybridized carbons (Fsp3) is 0.130. The number of carbonyl (C=O) groups excluding carboxylic acids is 1. The summed E-state index contributed by atoms with van der Waals surface area (Å²) < 4.78 is 7.55. The molecule has 1 aliphatic rings. The highest BCUT2D eigenvalue weighted by Gasteiger charge is 2.33. The predicted octanol–water partition coefficient (Wildman–Crippen LogP) is 3.84. The van der Waals surface area contributed by atoms with Crippen LogP contribution in [0, 0.1) is 0 Å². The zero-order chi connectivity index (χ0) is 19.1. The van der Waals surface area contributed by atoms with Crippen molar-refractivity contribution >= 4 is 16.9 Å². The van der Waals surface area contributed by atoms with Crippen LogP contribution in [0.25, 0.3) is 11.0 Å². The van der Waals surface area contributed by atoms with Gasteiger partial charge in [-0.1, -0.05) is 48.5 Å². The molecule has 0 unspecified atom stereocenters. The second-order valence-electron chi connectivity index (χ2n) is 6.92. The Bertz CT molecular complexity index is 1220. The molecule has 138 valence electrons. The van der Waals surface area contributed by atoms with Gasteiger partial charge in [-0.05, 0) is 29.8 Å². The van der Waals surface area contributed by atoms with Crippen molar-refractivity contribution in [1.82, 2.24) is 9.47 Å². The molecule has 1 atom stereocenters. The highest BCUT2D eigenvalue weighted by Crippen LogP contribution is 2.33. The molecule has 1 amide bonds. The summed E-state index contributed by atoms with van der Waals surface area (Å²) in [4.78, 5) is 27.7. The molecule has 4 aromatic rings. The van der Waals surface area contributed by atoms with Crippen molar-refractivity contribution in [2.75, 3.05) is 6.54 Å². The van der Waals surface area contributed by atoms with Crippen LogP contribution < -0.4 is 5.63 Å². The largest absolute Gasteiger partial charge is 0.422 e. The number of benzene rings is 2. The Hall–Kier alpha value is -3.60. The van der Waals surface area contributed by atoms with Crippen molar-refractivity contribution in [2.45, 2.75) is 12.6 Å². The number of nitrogens with zero attached hydrogens (tertiary/aromatic N) is 2. The van der Waals surface area contributed by atoms with E-state index in [1.165, 1.54) is 0 Å². The Balaban J connectivity index is 1.62. The van der Waals surface area contributed by atoms with Gasteiger partial charge in [0.2, 0.25) is 0 Å². The van der Waals surface area contributed by atoms with Gasteiger partial charge in [-0.2, -0.15) is 0 Å². The predicted molar refractivity (Wildman–Crippen MR) is 106 cm³/mol. The van der Waals surface area contributed by atoms with E-state index in [0.29, 0.717) is 18.7 Å². The third kappa shape index (κ3) is 2.63. The maximum absolute atomic E-state index is 13.4. The summed E-state index contributed by atoms with van der Waals surface area (Å²) in [5.74, 6) is -0.305. The fourth-order valence-corrected chi connectivity index (χ4v) is 3.95. The normalized spacial score (nSPS) is 16.1. The van der Waals surface area contributed by atoms with Crippen LogP contribution in [-0.4, -0.2) is 21.9 Å². The molecule has 0 bridgehead atoms. The molecule has 28 heavy (non-hydrogen) atoms. The summed E-state index contributed by atoms with van der Waals surface area (Å²) >= 11 is 0. The Morgan fingerprint density at radius 1 is 0.929 bits per heavy atom. The molecule has 5 rings (SSSR count). The molecular formula is C23H18N2O3. The van der Waals surface area contributed by atoms with Crippen molar-refractivity contribution in [3.63, 3.8) is 0 Å². The maximum Gasteiger partial charge on any atom is 0.349 e. The van der Waals surface area contributed by atoms with E-state index in [2.05, 4.69) is 4.57 Å². The number of rotatable bonds is 2. The molecule has 0 aliphatic carbocycles. The lowest BCUT2D eigenvalue weighted by atomic mass is 9.99. The number of fused-ring (bicyclic) bond motifs is 2. The second kappa shape index (κ2) is 6.53. The summed E-state index contributed by atoms with van der Waals surface area (Å²) in [5.41, 5.74) is 2.00. The highest BCUT2D eigenvalue weighted by molar-refractivity contribution is 5.97. The number of aromatic nitrogens is 1. The SMILES string of the molecule is O=C(c1cc2ccccc2oc1=O)N1CCn2cccc2[C@@H]1c1ccccc1. The minimum absolute atomic E-state index is 0.0691. The van der Waals surface area contributed by atoms with Crippen molar-refractivity contribution in [2.24, 2.45) is 0 Å². The van der Waals surface area contributed by atoms with E-state index in [1.54, 1.807) is 23.1 Å². The van der Waals surface area contributed by atoms with Gasteiger partial charge in [-0.3, -0.25) is 4.79 Å². The van der Waals surface area contributed by atoms with Crippen molar-refractivity contribution in [3.8, 4) is 0 Å². The van der Waals surface area contributed by atoms with E-state index in [-0.39, 0.29) is 17.5 Å². The third-order valence-corrected chi connectivity index (χ3v) is 5.29. The van der Waals surface area contributed by atoms with Crippen LogP contribution in [0.15, 0.2) is 88.2 Å². The minimum Gasteiger partial charge on any atom is -0.422 e. The monoisotopic (exact) mass is 370 g/mol. The van der Waals surface area contributed by atoms with E-state index >= 15 is 0 Å². The summed E-state index contributed by atoms with van der Waals surface area (Å²) in [6.45, 7) is 1.21. The van der Waals surface area contributed by atoms with Crippen LogP contribution in [0.1, 0.15) is 27.7 Å². The van der Waals surface area contributed by atoms with Gasteiger partial charge >= 0.3 is 5.63 Å². The Morgan fingerprint density at radius 3 is 2.57 bits per heavy atom. The summed E-state index contributed by atoms with van der Waals surface area (Å²) in [7, 11) is 0. The van der Waals surface area contributed by atoms with Crippen LogP contribution in [-0.2, 0) is 6.54 Å². The topological polar surface area (TPSA) is 55.5 Å². The molecule has 0 saturated carbocycles. The van der Waals surface area contributed by atoms with E-state index in [0.717, 1.165) is 16.6 Å². The Kier molecular flexibility index (Phi) is 3.86. The molecular weight excluding hydrogens is 352 g/mol. The third-order valence-electron chi connectivity index (χ3n) is 5.29. The molecule has 2 aromatic carbocycles. The quantitative estimate of drug-likeness (QED) is 0.504. The first kappa shape index (κ1) is 16.6. The first-order valence-electron chi connectivity index (χ1n) is 9.26. The number of carbonyl (C=O) groups is 1. The molecule has 5 heteroatoms. The van der Waals surface area contributed by atoms with Gasteiger partial charge in [0.25, 0.3) is 5.91 Å². The van der Waals surface area contributed by atoms with Gasteiger partial charge in [0.05, 0.1) is 6.04 Å². The lowest BCUT2D eigenvalue weighted by molar-refractivity contribution is 0.0660. The molecule has 0 fully saturated rings. The van der Waals surface area contributed by atoms with Gasteiger partial charge in [-0.25, -0.2) is 4.79 Å². The summed E-state index contributed by atoms with van der Waals surface area (Å²) in [6, 6.07) is 22.5. The number of hydrogen-bond acceptors (Lipinski definition) is 3. The smallest absolute Gasteiger partial charge is 0.349 e. The number of amides is 1. The summed E-state index contributed by atoms with van der Waals surface area (Å²) in [6.07, 6.45) is 2.03. The summed E-state index contributed by atoms with van der Waals surface area (Å²) in [5, 5.41) is 0.738. The van der Waals surface area contributed by atoms with Gasteiger partial charge in [-0.15, -0.1) is 0 Å². The average Bonchev–Trinajstić information content (AvgIpc) is 3.21. The van der Waals surface area contributed by atoms with Crippen LogP contribution >= 0.6 is 0 Å². The molecule has 3 heterocycles. The standard InChI is InChI=1S/C23H18N2O3/c26-22(18-15-17-9-4-5-11-20(17)28-23(18)27)25-14-13-24-12-6-10-19(24)21(25)16-7-2-1-3-8-16/h1-12,15,21H,13-14H2/t21-/m0/s1. The molecule has 5 nitrogen and oxygen atoms in total. The van der Waals surface area contributed by atoms with Crippen molar-refractivity contribution < 1.29 is 9.21 Å². The molecule has 1 aliphatic heterocycles. The van der Waals surface area contributed by atoms with Crippen molar-refractivity contribution in [1.29, 1.82) is 0 Å². The van der Waals surface area contributed by atoms with Crippen LogP contribution in [0.4, 0.5) is 0 Å². The Morgan fingerprint density at radius 2 is 1.71 bits per heavy atom. The van der Waals surface area contributed by atoms with Crippen molar-refractivity contribution in [3.05, 3.63) is 106 Å². The first-order valence-corrected chi connectivity index (χ1v) is 9.26. The zero-order valence-electron chi connectivity index (χ0n) is 15.1. The van der Waals surface area contributed by atoms with Gasteiger partial charge < -0.3 is 13.9 Å². The van der Waals surface area contributed by atoms with Crippen LogP contribution in [0.3, 0.4) is 0 Å². The first-order chi connectivity index (χ1) is 13.7. The van der Waals surface area contributed by atoms with Crippen LogP contribution in [0.5, 0.6) is 0 Å². The maximum atomic E-state index is 13.4. The van der Waals surface area contributed by atoms with E-state index in [4.69, 9.17) is 4.42 Å². The Labute approximate surface area is 161 Å². The number of hydrogen-bond donors (Lipinski definition) is 0. The second-order valence-corrected chi connectivity index (χ2v) is 6.92. The zero-order valence-corrected chi connectivity index (χ0v) is 15.1. The van der Waals surface area contributed by atoms with Gasteiger partial charge in [0.1, 0.15) is 11.1 Å².